The van der Waals surface area contributed by atoms with Crippen LogP contribution >= 0.6 is 23.2 Å². The second kappa shape index (κ2) is 9.17. The first-order valence-corrected chi connectivity index (χ1v) is 11.5. The summed E-state index contributed by atoms with van der Waals surface area (Å²) in [4.78, 5) is 17.2. The summed E-state index contributed by atoms with van der Waals surface area (Å²) in [6, 6.07) is 11.9. The Morgan fingerprint density at radius 1 is 1.10 bits per heavy atom. The number of rotatable bonds is 5. The molecule has 1 fully saturated rings. The van der Waals surface area contributed by atoms with E-state index >= 15 is 0 Å². The van der Waals surface area contributed by atoms with Gasteiger partial charge in [-0.15, -0.1) is 0 Å². The molecule has 4 rings (SSSR count). The monoisotopic (exact) mass is 445 g/mol. The van der Waals surface area contributed by atoms with Crippen LogP contribution in [0, 0.1) is 0 Å². The number of amides is 1. The molecule has 1 heterocycles. The standard InChI is InChI=1S/C24H29Cl2N3O/c1-28(20-5-3-2-4-6-20)21-10-8-17-14-29(15-18(17)11-21)24(30)23(27)12-16-7-9-19(25)13-22(16)26/h7-11,13,20,23H,2-6,12,14-15,27H2,1H3/t23-/m1/s1. The SMILES string of the molecule is CN(c1ccc2c(c1)CN(C(=O)[C@H](N)Cc1ccc(Cl)cc1Cl)C2)C1CCCCC1. The number of nitrogens with two attached hydrogens (primary N) is 1. The van der Waals surface area contributed by atoms with Gasteiger partial charge in [0.1, 0.15) is 0 Å². The molecule has 0 radical (unpaired) electrons. The van der Waals surface area contributed by atoms with Gasteiger partial charge in [0, 0.05) is 41.9 Å². The third-order valence-corrected chi connectivity index (χ3v) is 7.11. The van der Waals surface area contributed by atoms with Crippen LogP contribution in [0.2, 0.25) is 10.0 Å². The van der Waals surface area contributed by atoms with E-state index in [9.17, 15) is 4.79 Å². The number of fused-ring (bicyclic) bond motifs is 1. The Kier molecular flexibility index (Phi) is 6.57. The molecule has 6 heteroatoms. The Balaban J connectivity index is 1.41. The van der Waals surface area contributed by atoms with Gasteiger partial charge in [-0.1, -0.05) is 54.6 Å². The molecular formula is C24H29Cl2N3O. The first kappa shape index (κ1) is 21.5. The van der Waals surface area contributed by atoms with Crippen molar-refractivity contribution in [2.45, 2.75) is 63.7 Å². The van der Waals surface area contributed by atoms with Crippen molar-refractivity contribution in [3.8, 4) is 0 Å². The van der Waals surface area contributed by atoms with Crippen molar-refractivity contribution in [3.05, 3.63) is 63.1 Å². The fraction of sp³-hybridized carbons (Fsp3) is 0.458. The molecular weight excluding hydrogens is 417 g/mol. The van der Waals surface area contributed by atoms with Gasteiger partial charge in [-0.25, -0.2) is 0 Å². The van der Waals surface area contributed by atoms with Gasteiger partial charge in [0.2, 0.25) is 5.91 Å². The van der Waals surface area contributed by atoms with Crippen molar-refractivity contribution in [1.82, 2.24) is 4.90 Å². The lowest BCUT2D eigenvalue weighted by molar-refractivity contribution is -0.133. The van der Waals surface area contributed by atoms with Crippen LogP contribution in [0.1, 0.15) is 48.8 Å². The minimum absolute atomic E-state index is 0.0422. The number of hydrogen-bond donors (Lipinski definition) is 1. The molecule has 1 saturated carbocycles. The predicted molar refractivity (Wildman–Crippen MR) is 124 cm³/mol. The van der Waals surface area contributed by atoms with Crippen LogP contribution in [0.15, 0.2) is 36.4 Å². The van der Waals surface area contributed by atoms with E-state index in [0.717, 1.165) is 5.56 Å². The van der Waals surface area contributed by atoms with E-state index in [4.69, 9.17) is 28.9 Å². The van der Waals surface area contributed by atoms with E-state index in [1.807, 2.05) is 11.0 Å². The Labute approximate surface area is 188 Å². The van der Waals surface area contributed by atoms with Crippen LogP contribution in [0.25, 0.3) is 0 Å². The zero-order chi connectivity index (χ0) is 21.3. The van der Waals surface area contributed by atoms with Crippen LogP contribution in [-0.4, -0.2) is 29.9 Å². The van der Waals surface area contributed by atoms with Gasteiger partial charge in [-0.2, -0.15) is 0 Å². The molecule has 0 saturated heterocycles. The number of hydrogen-bond acceptors (Lipinski definition) is 3. The fourth-order valence-corrected chi connectivity index (χ4v) is 5.17. The summed E-state index contributed by atoms with van der Waals surface area (Å²) in [6.45, 7) is 1.23. The first-order valence-electron chi connectivity index (χ1n) is 10.8. The molecule has 30 heavy (non-hydrogen) atoms. The van der Waals surface area contributed by atoms with Crippen molar-refractivity contribution < 1.29 is 4.79 Å². The average Bonchev–Trinajstić information content (AvgIpc) is 3.18. The number of halogens is 2. The topological polar surface area (TPSA) is 49.6 Å². The second-order valence-corrected chi connectivity index (χ2v) is 9.44. The smallest absolute Gasteiger partial charge is 0.240 e. The van der Waals surface area contributed by atoms with Crippen molar-refractivity contribution in [3.63, 3.8) is 0 Å². The first-order chi connectivity index (χ1) is 14.4. The van der Waals surface area contributed by atoms with E-state index in [-0.39, 0.29) is 5.91 Å². The number of benzene rings is 2. The lowest BCUT2D eigenvalue weighted by Crippen LogP contribution is -2.42. The third kappa shape index (κ3) is 4.61. The van der Waals surface area contributed by atoms with E-state index in [0.29, 0.717) is 35.6 Å². The molecule has 0 bridgehead atoms. The summed E-state index contributed by atoms with van der Waals surface area (Å²) >= 11 is 12.2. The minimum Gasteiger partial charge on any atom is -0.372 e. The molecule has 160 valence electrons. The highest BCUT2D eigenvalue weighted by molar-refractivity contribution is 6.35. The Morgan fingerprint density at radius 3 is 2.57 bits per heavy atom. The van der Waals surface area contributed by atoms with Crippen molar-refractivity contribution in [2.75, 3.05) is 11.9 Å². The van der Waals surface area contributed by atoms with Crippen molar-refractivity contribution >= 4 is 34.8 Å². The molecule has 4 nitrogen and oxygen atoms in total. The van der Waals surface area contributed by atoms with Crippen molar-refractivity contribution in [2.24, 2.45) is 5.73 Å². The highest BCUT2D eigenvalue weighted by Gasteiger charge is 2.28. The van der Waals surface area contributed by atoms with Gasteiger partial charge in [0.05, 0.1) is 6.04 Å². The summed E-state index contributed by atoms with van der Waals surface area (Å²) in [5, 5.41) is 1.12. The minimum atomic E-state index is -0.623. The van der Waals surface area contributed by atoms with Crippen LogP contribution in [0.5, 0.6) is 0 Å². The maximum absolute atomic E-state index is 13.0. The van der Waals surface area contributed by atoms with E-state index < -0.39 is 6.04 Å². The highest BCUT2D eigenvalue weighted by Crippen LogP contribution is 2.31. The summed E-state index contributed by atoms with van der Waals surface area (Å²) in [6.07, 6.45) is 6.92. The molecule has 0 spiro atoms. The van der Waals surface area contributed by atoms with Gasteiger partial charge >= 0.3 is 0 Å². The Hall–Kier alpha value is -1.75. The van der Waals surface area contributed by atoms with Crippen LogP contribution < -0.4 is 10.6 Å². The van der Waals surface area contributed by atoms with Gasteiger partial charge in [0.15, 0.2) is 0 Å². The number of carbonyl (C=O) groups excluding carboxylic acids is 1. The van der Waals surface area contributed by atoms with E-state index in [2.05, 4.69) is 30.1 Å². The van der Waals surface area contributed by atoms with Gasteiger partial charge in [-0.3, -0.25) is 4.79 Å². The summed E-state index contributed by atoms with van der Waals surface area (Å²) in [7, 11) is 2.20. The van der Waals surface area contributed by atoms with Gasteiger partial charge < -0.3 is 15.5 Å². The molecule has 2 N–H and O–H groups in total. The Bertz CT molecular complexity index is 927. The molecule has 2 aromatic rings. The summed E-state index contributed by atoms with van der Waals surface area (Å²) in [5.74, 6) is -0.0422. The van der Waals surface area contributed by atoms with E-state index in [1.165, 1.54) is 48.9 Å². The fourth-order valence-electron chi connectivity index (χ4n) is 4.68. The largest absolute Gasteiger partial charge is 0.372 e. The van der Waals surface area contributed by atoms with E-state index in [1.54, 1.807) is 12.1 Å². The number of carbonyl (C=O) groups is 1. The summed E-state index contributed by atoms with van der Waals surface area (Å²) < 4.78 is 0. The maximum atomic E-state index is 13.0. The molecule has 1 atom stereocenters. The predicted octanol–water partition coefficient (Wildman–Crippen LogP) is 5.17. The molecule has 2 aromatic carbocycles. The number of nitrogens with zero attached hydrogens (tertiary/aromatic N) is 2. The van der Waals surface area contributed by atoms with Crippen molar-refractivity contribution in [1.29, 1.82) is 0 Å². The quantitative estimate of drug-likeness (QED) is 0.689. The average molecular weight is 446 g/mol. The highest BCUT2D eigenvalue weighted by atomic mass is 35.5. The lowest BCUT2D eigenvalue weighted by atomic mass is 9.94. The second-order valence-electron chi connectivity index (χ2n) is 8.60. The van der Waals surface area contributed by atoms with Crippen LogP contribution in [0.3, 0.4) is 0 Å². The van der Waals surface area contributed by atoms with Gasteiger partial charge in [-0.05, 0) is 60.2 Å². The maximum Gasteiger partial charge on any atom is 0.240 e. The van der Waals surface area contributed by atoms with Crippen LogP contribution in [-0.2, 0) is 24.3 Å². The Morgan fingerprint density at radius 2 is 1.83 bits per heavy atom. The zero-order valence-corrected chi connectivity index (χ0v) is 18.9. The van der Waals surface area contributed by atoms with Gasteiger partial charge in [0.25, 0.3) is 0 Å². The lowest BCUT2D eigenvalue weighted by Gasteiger charge is -2.33. The molecule has 2 aliphatic rings. The third-order valence-electron chi connectivity index (χ3n) is 6.53. The number of anilines is 1. The zero-order valence-electron chi connectivity index (χ0n) is 17.4. The molecule has 0 unspecified atom stereocenters. The van der Waals surface area contributed by atoms with Crippen LogP contribution in [0.4, 0.5) is 5.69 Å². The molecule has 1 aliphatic carbocycles. The molecule has 1 amide bonds. The normalized spacial score (nSPS) is 17.7. The molecule has 0 aromatic heterocycles. The summed E-state index contributed by atoms with van der Waals surface area (Å²) in [5.41, 5.74) is 10.8. The molecule has 1 aliphatic heterocycles.